The average Bonchev–Trinajstić information content (AvgIpc) is 3.28. The highest BCUT2D eigenvalue weighted by Gasteiger charge is 2.31. The monoisotopic (exact) mass is 368 g/mol. The van der Waals surface area contributed by atoms with Gasteiger partial charge in [0.1, 0.15) is 0 Å². The summed E-state index contributed by atoms with van der Waals surface area (Å²) in [6.07, 6.45) is 3.98. The largest absolute Gasteiger partial charge is 0.353 e. The van der Waals surface area contributed by atoms with Crippen LogP contribution in [0.2, 0.25) is 0 Å². The molecule has 1 saturated heterocycles. The second-order valence-corrected chi connectivity index (χ2v) is 7.51. The summed E-state index contributed by atoms with van der Waals surface area (Å²) in [7, 11) is 2.01. The molecule has 144 valence electrons. The lowest BCUT2D eigenvalue weighted by atomic mass is 10.1. The van der Waals surface area contributed by atoms with Crippen LogP contribution in [0.5, 0.6) is 0 Å². The average molecular weight is 368 g/mol. The molecular formula is C21H28N4O2. The molecule has 2 heterocycles. The van der Waals surface area contributed by atoms with E-state index in [4.69, 9.17) is 0 Å². The van der Waals surface area contributed by atoms with E-state index in [0.29, 0.717) is 23.7 Å². The van der Waals surface area contributed by atoms with Crippen LogP contribution >= 0.6 is 0 Å². The van der Waals surface area contributed by atoms with E-state index >= 15 is 0 Å². The van der Waals surface area contributed by atoms with Crippen LogP contribution in [-0.4, -0.2) is 34.5 Å². The number of anilines is 1. The van der Waals surface area contributed by atoms with E-state index in [-0.39, 0.29) is 18.0 Å². The molecule has 1 aromatic carbocycles. The highest BCUT2D eigenvalue weighted by molar-refractivity contribution is 5.95. The number of aromatic nitrogens is 1. The Morgan fingerprint density at radius 2 is 1.93 bits per heavy atom. The summed E-state index contributed by atoms with van der Waals surface area (Å²) in [6, 6.07) is 11.1. The van der Waals surface area contributed by atoms with Crippen molar-refractivity contribution in [1.82, 2.24) is 14.8 Å². The number of hydrogen-bond donors (Lipinski definition) is 2. The molecule has 1 aliphatic heterocycles. The van der Waals surface area contributed by atoms with E-state index in [1.54, 1.807) is 24.3 Å². The van der Waals surface area contributed by atoms with Gasteiger partial charge in [0.15, 0.2) is 0 Å². The van der Waals surface area contributed by atoms with Crippen molar-refractivity contribution < 1.29 is 9.59 Å². The topological polar surface area (TPSA) is 66.4 Å². The zero-order chi connectivity index (χ0) is 19.4. The minimum atomic E-state index is -0.101. The summed E-state index contributed by atoms with van der Waals surface area (Å²) in [6.45, 7) is 5.50. The van der Waals surface area contributed by atoms with E-state index in [1.165, 1.54) is 0 Å². The molecule has 0 radical (unpaired) electrons. The number of amides is 3. The zero-order valence-corrected chi connectivity index (χ0v) is 16.2. The zero-order valence-electron chi connectivity index (χ0n) is 16.2. The molecule has 1 atom stereocenters. The molecule has 6 heteroatoms. The molecule has 0 spiro atoms. The standard InChI is InChI=1S/C21H28N4O2/c1-15(2)14-22-20(26)16-8-10-17(11-9-16)23-21(27)25-13-5-7-19(25)18-6-4-12-24(18)3/h4,6,8-12,15,19H,5,7,13-14H2,1-3H3,(H,22,26)(H,23,27). The van der Waals surface area contributed by atoms with E-state index in [2.05, 4.69) is 35.1 Å². The van der Waals surface area contributed by atoms with Crippen LogP contribution in [-0.2, 0) is 7.05 Å². The molecule has 2 N–H and O–H groups in total. The summed E-state index contributed by atoms with van der Waals surface area (Å²) < 4.78 is 2.07. The lowest BCUT2D eigenvalue weighted by Crippen LogP contribution is -2.35. The van der Waals surface area contributed by atoms with Crippen LogP contribution in [0.25, 0.3) is 0 Å². The number of aryl methyl sites for hydroxylation is 1. The van der Waals surface area contributed by atoms with Crippen molar-refractivity contribution in [2.75, 3.05) is 18.4 Å². The van der Waals surface area contributed by atoms with Gasteiger partial charge < -0.3 is 20.1 Å². The second-order valence-electron chi connectivity index (χ2n) is 7.51. The number of carbonyl (C=O) groups is 2. The van der Waals surface area contributed by atoms with Gasteiger partial charge in [0, 0.05) is 43.3 Å². The summed E-state index contributed by atoms with van der Waals surface area (Å²) in [5.41, 5.74) is 2.44. The van der Waals surface area contributed by atoms with Gasteiger partial charge in [-0.05, 0) is 55.2 Å². The molecule has 1 aliphatic rings. The van der Waals surface area contributed by atoms with Crippen LogP contribution in [0.3, 0.4) is 0 Å². The van der Waals surface area contributed by atoms with E-state index < -0.39 is 0 Å². The maximum absolute atomic E-state index is 12.8. The molecule has 1 fully saturated rings. The third-order valence-corrected chi connectivity index (χ3v) is 4.91. The van der Waals surface area contributed by atoms with Crippen molar-refractivity contribution in [2.45, 2.75) is 32.7 Å². The Balaban J connectivity index is 1.62. The van der Waals surface area contributed by atoms with Crippen LogP contribution in [0.15, 0.2) is 42.6 Å². The lowest BCUT2D eigenvalue weighted by Gasteiger charge is -2.25. The SMILES string of the molecule is CC(C)CNC(=O)c1ccc(NC(=O)N2CCCC2c2cccn2C)cc1. The predicted octanol–water partition coefficient (Wildman–Crippen LogP) is 3.78. The van der Waals surface area contributed by atoms with Crippen molar-refractivity contribution >= 4 is 17.6 Å². The molecule has 3 amide bonds. The summed E-state index contributed by atoms with van der Waals surface area (Å²) in [5, 5.41) is 5.85. The summed E-state index contributed by atoms with van der Waals surface area (Å²) in [5.74, 6) is 0.315. The maximum atomic E-state index is 12.8. The Kier molecular flexibility index (Phi) is 5.84. The molecule has 3 rings (SSSR count). The van der Waals surface area contributed by atoms with Crippen molar-refractivity contribution in [3.05, 3.63) is 53.9 Å². The quantitative estimate of drug-likeness (QED) is 0.843. The third kappa shape index (κ3) is 4.51. The Morgan fingerprint density at radius 1 is 1.19 bits per heavy atom. The van der Waals surface area contributed by atoms with Crippen molar-refractivity contribution in [3.8, 4) is 0 Å². The minimum Gasteiger partial charge on any atom is -0.353 e. The van der Waals surface area contributed by atoms with Gasteiger partial charge >= 0.3 is 6.03 Å². The molecule has 1 unspecified atom stereocenters. The van der Waals surface area contributed by atoms with Crippen molar-refractivity contribution in [3.63, 3.8) is 0 Å². The maximum Gasteiger partial charge on any atom is 0.322 e. The molecule has 2 aromatic rings. The van der Waals surface area contributed by atoms with E-state index in [0.717, 1.165) is 25.1 Å². The Bertz CT molecular complexity index is 795. The molecule has 0 aliphatic carbocycles. The van der Waals surface area contributed by atoms with Crippen LogP contribution in [0.1, 0.15) is 48.8 Å². The van der Waals surface area contributed by atoms with Crippen LogP contribution in [0.4, 0.5) is 10.5 Å². The molecule has 0 bridgehead atoms. The fraction of sp³-hybridized carbons (Fsp3) is 0.429. The van der Waals surface area contributed by atoms with E-state index in [1.807, 2.05) is 24.2 Å². The molecule has 1 aromatic heterocycles. The van der Waals surface area contributed by atoms with Gasteiger partial charge in [-0.15, -0.1) is 0 Å². The normalized spacial score (nSPS) is 16.6. The first-order valence-electron chi connectivity index (χ1n) is 9.53. The summed E-state index contributed by atoms with van der Waals surface area (Å²) >= 11 is 0. The number of nitrogens with one attached hydrogen (secondary N) is 2. The van der Waals surface area contributed by atoms with Gasteiger partial charge in [0.2, 0.25) is 0 Å². The number of urea groups is 1. The van der Waals surface area contributed by atoms with Gasteiger partial charge in [-0.25, -0.2) is 4.79 Å². The van der Waals surface area contributed by atoms with Crippen molar-refractivity contribution in [1.29, 1.82) is 0 Å². The van der Waals surface area contributed by atoms with Gasteiger partial charge in [-0.1, -0.05) is 13.8 Å². The fourth-order valence-corrected chi connectivity index (χ4v) is 3.44. The van der Waals surface area contributed by atoms with Gasteiger partial charge in [0.05, 0.1) is 6.04 Å². The first kappa shape index (κ1) is 19.0. The lowest BCUT2D eigenvalue weighted by molar-refractivity contribution is 0.0949. The molecular weight excluding hydrogens is 340 g/mol. The first-order valence-corrected chi connectivity index (χ1v) is 9.53. The van der Waals surface area contributed by atoms with Gasteiger partial charge in [-0.2, -0.15) is 0 Å². The Morgan fingerprint density at radius 3 is 2.56 bits per heavy atom. The van der Waals surface area contributed by atoms with Gasteiger partial charge in [0.25, 0.3) is 5.91 Å². The fourth-order valence-electron chi connectivity index (χ4n) is 3.44. The summed E-state index contributed by atoms with van der Waals surface area (Å²) in [4.78, 5) is 26.7. The second kappa shape index (κ2) is 8.29. The smallest absolute Gasteiger partial charge is 0.322 e. The molecule has 27 heavy (non-hydrogen) atoms. The number of likely N-dealkylation sites (tertiary alicyclic amines) is 1. The third-order valence-electron chi connectivity index (χ3n) is 4.91. The molecule has 6 nitrogen and oxygen atoms in total. The number of hydrogen-bond acceptors (Lipinski definition) is 2. The Hall–Kier alpha value is -2.76. The highest BCUT2D eigenvalue weighted by Crippen LogP contribution is 2.32. The van der Waals surface area contributed by atoms with Crippen molar-refractivity contribution in [2.24, 2.45) is 13.0 Å². The van der Waals surface area contributed by atoms with Crippen LogP contribution < -0.4 is 10.6 Å². The number of benzene rings is 1. The minimum absolute atomic E-state index is 0.0927. The Labute approximate surface area is 160 Å². The molecule has 0 saturated carbocycles. The number of rotatable bonds is 5. The van der Waals surface area contributed by atoms with E-state index in [9.17, 15) is 9.59 Å². The highest BCUT2D eigenvalue weighted by atomic mass is 16.2. The predicted molar refractivity (Wildman–Crippen MR) is 107 cm³/mol. The number of carbonyl (C=O) groups excluding carboxylic acids is 2. The first-order chi connectivity index (χ1) is 13.0. The van der Waals surface area contributed by atoms with Gasteiger partial charge in [-0.3, -0.25) is 4.79 Å². The van der Waals surface area contributed by atoms with Crippen LogP contribution in [0, 0.1) is 5.92 Å². The number of nitrogens with zero attached hydrogens (tertiary/aromatic N) is 2.